The molecule has 2 aromatic rings. The fraction of sp³-hybridized carbons (Fsp3) is 0.263. The molecule has 3 unspecified atom stereocenters. The molecule has 0 saturated heterocycles. The highest BCUT2D eigenvalue weighted by Gasteiger charge is 2.34. The molecule has 0 bridgehead atoms. The molecule has 130 valence electrons. The monoisotopic (exact) mass is 341 g/mol. The number of hydrogen-bond donors (Lipinski definition) is 2. The van der Waals surface area contributed by atoms with Gasteiger partial charge in [0.05, 0.1) is 5.92 Å². The average molecular weight is 341 g/mol. The molecule has 0 fully saturated rings. The molecule has 6 heteroatoms. The second kappa shape index (κ2) is 6.84. The van der Waals surface area contributed by atoms with Crippen LogP contribution in [0.15, 0.2) is 48.5 Å². The van der Waals surface area contributed by atoms with Gasteiger partial charge in [-0.05, 0) is 43.7 Å². The minimum atomic E-state index is -0.919. The fourth-order valence-corrected chi connectivity index (χ4v) is 2.65. The Morgan fingerprint density at radius 1 is 1.08 bits per heavy atom. The van der Waals surface area contributed by atoms with Crippen molar-refractivity contribution in [2.45, 2.75) is 32.0 Å². The quantitative estimate of drug-likeness (QED) is 0.893. The zero-order valence-corrected chi connectivity index (χ0v) is 13.9. The van der Waals surface area contributed by atoms with Crippen LogP contribution >= 0.6 is 0 Å². The van der Waals surface area contributed by atoms with Gasteiger partial charge in [0.2, 0.25) is 6.10 Å². The van der Waals surface area contributed by atoms with Crippen molar-refractivity contribution in [1.82, 2.24) is 0 Å². The van der Waals surface area contributed by atoms with Crippen LogP contribution in [0, 0.1) is 0 Å². The second-order valence-corrected chi connectivity index (χ2v) is 5.98. The first-order valence-electron chi connectivity index (χ1n) is 8.01. The van der Waals surface area contributed by atoms with E-state index < -0.39 is 24.1 Å². The molecule has 1 heterocycles. The summed E-state index contributed by atoms with van der Waals surface area (Å²) in [6.07, 6.45) is -1.24. The number of amides is 1. The Morgan fingerprint density at radius 2 is 1.76 bits per heavy atom. The van der Waals surface area contributed by atoms with Crippen LogP contribution in [0.3, 0.4) is 0 Å². The van der Waals surface area contributed by atoms with Crippen LogP contribution in [0.25, 0.3) is 0 Å². The third-order valence-electron chi connectivity index (χ3n) is 4.13. The number of ether oxygens (including phenoxy) is 2. The SMILES string of the molecule is CC(C(=O)O)c1cccc(NC(=O)C2Oc3ccccc3OC2C)c1. The number of hydrogen-bond acceptors (Lipinski definition) is 4. The molecule has 0 spiro atoms. The Kier molecular flexibility index (Phi) is 4.61. The van der Waals surface area contributed by atoms with Gasteiger partial charge in [0.15, 0.2) is 11.5 Å². The Hall–Kier alpha value is -3.02. The highest BCUT2D eigenvalue weighted by Crippen LogP contribution is 2.33. The Balaban J connectivity index is 1.75. The van der Waals surface area contributed by atoms with Gasteiger partial charge in [0.25, 0.3) is 5.91 Å². The number of fused-ring (bicyclic) bond motifs is 1. The summed E-state index contributed by atoms with van der Waals surface area (Å²) in [5, 5.41) is 11.9. The van der Waals surface area contributed by atoms with E-state index in [4.69, 9.17) is 14.6 Å². The van der Waals surface area contributed by atoms with Gasteiger partial charge in [-0.15, -0.1) is 0 Å². The molecular formula is C19H19NO5. The van der Waals surface area contributed by atoms with Crippen LogP contribution in [-0.2, 0) is 9.59 Å². The topological polar surface area (TPSA) is 84.9 Å². The van der Waals surface area contributed by atoms with Gasteiger partial charge < -0.3 is 19.9 Å². The number of para-hydroxylation sites is 2. The highest BCUT2D eigenvalue weighted by molar-refractivity contribution is 5.95. The van der Waals surface area contributed by atoms with Crippen LogP contribution in [0.1, 0.15) is 25.3 Å². The molecule has 6 nitrogen and oxygen atoms in total. The Bertz CT molecular complexity index is 804. The lowest BCUT2D eigenvalue weighted by atomic mass is 10.0. The Morgan fingerprint density at radius 3 is 2.44 bits per heavy atom. The van der Waals surface area contributed by atoms with E-state index >= 15 is 0 Å². The maximum atomic E-state index is 12.6. The number of aliphatic carboxylic acids is 1. The summed E-state index contributed by atoms with van der Waals surface area (Å²) in [7, 11) is 0. The molecule has 0 aliphatic carbocycles. The third kappa shape index (κ3) is 3.57. The Labute approximate surface area is 145 Å². The number of carboxylic acids is 1. The summed E-state index contributed by atoms with van der Waals surface area (Å²) < 4.78 is 11.5. The van der Waals surface area contributed by atoms with Gasteiger partial charge in [-0.1, -0.05) is 24.3 Å². The fourth-order valence-electron chi connectivity index (χ4n) is 2.65. The van der Waals surface area contributed by atoms with Crippen molar-refractivity contribution in [3.8, 4) is 11.5 Å². The molecule has 2 N–H and O–H groups in total. The summed E-state index contributed by atoms with van der Waals surface area (Å²) in [5.74, 6) is -0.790. The van der Waals surface area contributed by atoms with E-state index in [0.717, 1.165) is 0 Å². The van der Waals surface area contributed by atoms with Gasteiger partial charge in [0.1, 0.15) is 6.10 Å². The number of carbonyl (C=O) groups excluding carboxylic acids is 1. The summed E-state index contributed by atoms with van der Waals surface area (Å²) in [6.45, 7) is 3.36. The predicted octanol–water partition coefficient (Wildman–Crippen LogP) is 3.04. The number of benzene rings is 2. The first-order chi connectivity index (χ1) is 12.0. The lowest BCUT2D eigenvalue weighted by Crippen LogP contribution is -2.46. The summed E-state index contributed by atoms with van der Waals surface area (Å²) in [4.78, 5) is 23.7. The van der Waals surface area contributed by atoms with Gasteiger partial charge in [-0.3, -0.25) is 9.59 Å². The first-order valence-corrected chi connectivity index (χ1v) is 8.01. The number of carbonyl (C=O) groups is 2. The molecule has 3 atom stereocenters. The van der Waals surface area contributed by atoms with Gasteiger partial charge in [0, 0.05) is 5.69 Å². The van der Waals surface area contributed by atoms with Crippen LogP contribution in [-0.4, -0.2) is 29.2 Å². The van der Waals surface area contributed by atoms with E-state index in [1.165, 1.54) is 0 Å². The van der Waals surface area contributed by atoms with E-state index in [-0.39, 0.29) is 5.91 Å². The lowest BCUT2D eigenvalue weighted by molar-refractivity contribution is -0.138. The van der Waals surface area contributed by atoms with Crippen molar-refractivity contribution in [3.63, 3.8) is 0 Å². The van der Waals surface area contributed by atoms with Crippen molar-refractivity contribution >= 4 is 17.6 Å². The number of carboxylic acid groups (broad SMARTS) is 1. The average Bonchev–Trinajstić information content (AvgIpc) is 2.60. The molecule has 3 rings (SSSR count). The summed E-state index contributed by atoms with van der Waals surface area (Å²) in [6, 6.07) is 14.0. The van der Waals surface area contributed by atoms with Crippen LogP contribution in [0.5, 0.6) is 11.5 Å². The highest BCUT2D eigenvalue weighted by atomic mass is 16.6. The van der Waals surface area contributed by atoms with Crippen molar-refractivity contribution in [3.05, 3.63) is 54.1 Å². The lowest BCUT2D eigenvalue weighted by Gasteiger charge is -2.31. The van der Waals surface area contributed by atoms with Crippen LogP contribution < -0.4 is 14.8 Å². The molecule has 0 radical (unpaired) electrons. The van der Waals surface area contributed by atoms with E-state index in [9.17, 15) is 9.59 Å². The van der Waals surface area contributed by atoms with Crippen molar-refractivity contribution in [2.75, 3.05) is 5.32 Å². The standard InChI is InChI=1S/C19H19NO5/c1-11(19(22)23)13-6-5-7-14(10-13)20-18(21)17-12(2)24-15-8-3-4-9-16(15)25-17/h3-12,17H,1-2H3,(H,20,21)(H,22,23). The second-order valence-electron chi connectivity index (χ2n) is 5.98. The zero-order valence-electron chi connectivity index (χ0n) is 13.9. The maximum Gasteiger partial charge on any atom is 0.310 e. The van der Waals surface area contributed by atoms with Crippen molar-refractivity contribution < 1.29 is 24.2 Å². The smallest absolute Gasteiger partial charge is 0.310 e. The number of nitrogens with one attached hydrogen (secondary N) is 1. The zero-order chi connectivity index (χ0) is 18.0. The minimum absolute atomic E-state index is 0.345. The first kappa shape index (κ1) is 16.8. The normalized spacial score (nSPS) is 19.8. The largest absolute Gasteiger partial charge is 0.482 e. The molecule has 1 aliphatic heterocycles. The molecule has 0 saturated carbocycles. The minimum Gasteiger partial charge on any atom is -0.482 e. The van der Waals surface area contributed by atoms with E-state index in [2.05, 4.69) is 5.32 Å². The van der Waals surface area contributed by atoms with Gasteiger partial charge in [-0.2, -0.15) is 0 Å². The third-order valence-corrected chi connectivity index (χ3v) is 4.13. The van der Waals surface area contributed by atoms with Gasteiger partial charge >= 0.3 is 5.97 Å². The van der Waals surface area contributed by atoms with Crippen molar-refractivity contribution in [1.29, 1.82) is 0 Å². The van der Waals surface area contributed by atoms with Crippen LogP contribution in [0.2, 0.25) is 0 Å². The van der Waals surface area contributed by atoms with Crippen molar-refractivity contribution in [2.24, 2.45) is 0 Å². The molecule has 0 aromatic heterocycles. The summed E-state index contributed by atoms with van der Waals surface area (Å²) >= 11 is 0. The summed E-state index contributed by atoms with van der Waals surface area (Å²) in [5.41, 5.74) is 1.13. The number of anilines is 1. The molecule has 1 aliphatic rings. The van der Waals surface area contributed by atoms with E-state index in [0.29, 0.717) is 22.7 Å². The molecular weight excluding hydrogens is 322 g/mol. The van der Waals surface area contributed by atoms with E-state index in [1.54, 1.807) is 50.2 Å². The molecule has 25 heavy (non-hydrogen) atoms. The maximum absolute atomic E-state index is 12.6. The predicted molar refractivity (Wildman–Crippen MR) is 92.1 cm³/mol. The molecule has 2 aromatic carbocycles. The number of rotatable bonds is 4. The van der Waals surface area contributed by atoms with Crippen LogP contribution in [0.4, 0.5) is 5.69 Å². The molecule has 1 amide bonds. The van der Waals surface area contributed by atoms with E-state index in [1.807, 2.05) is 12.1 Å². The van der Waals surface area contributed by atoms with Gasteiger partial charge in [-0.25, -0.2) is 0 Å².